The van der Waals surface area contributed by atoms with Crippen LogP contribution in [0.25, 0.3) is 11.3 Å². The molecule has 1 aromatic heterocycles. The zero-order valence-electron chi connectivity index (χ0n) is 10.7. The predicted octanol–water partition coefficient (Wildman–Crippen LogP) is 2.37. The SMILES string of the molecule is CCc1ccc(-c2c(CNC)ncn2C)cc1. The molecule has 0 bridgehead atoms. The van der Waals surface area contributed by atoms with Gasteiger partial charge in [0.05, 0.1) is 17.7 Å². The Kier molecular flexibility index (Phi) is 3.59. The number of nitrogens with one attached hydrogen (secondary N) is 1. The molecule has 0 spiro atoms. The minimum atomic E-state index is 0.797. The van der Waals surface area contributed by atoms with Gasteiger partial charge in [0.15, 0.2) is 0 Å². The lowest BCUT2D eigenvalue weighted by Gasteiger charge is -2.07. The number of rotatable bonds is 4. The number of hydrogen-bond acceptors (Lipinski definition) is 2. The van der Waals surface area contributed by atoms with Crippen molar-refractivity contribution >= 4 is 0 Å². The summed E-state index contributed by atoms with van der Waals surface area (Å²) >= 11 is 0. The zero-order valence-corrected chi connectivity index (χ0v) is 10.7. The molecule has 0 saturated heterocycles. The second kappa shape index (κ2) is 5.15. The largest absolute Gasteiger partial charge is 0.333 e. The number of aromatic nitrogens is 2. The molecule has 3 nitrogen and oxygen atoms in total. The zero-order chi connectivity index (χ0) is 12.3. The van der Waals surface area contributed by atoms with Crippen molar-refractivity contribution in [3.8, 4) is 11.3 Å². The van der Waals surface area contributed by atoms with Crippen LogP contribution in [0.15, 0.2) is 30.6 Å². The Hall–Kier alpha value is -1.61. The highest BCUT2D eigenvalue weighted by Gasteiger charge is 2.09. The average Bonchev–Trinajstić information content (AvgIpc) is 2.71. The quantitative estimate of drug-likeness (QED) is 0.872. The van der Waals surface area contributed by atoms with Crippen molar-refractivity contribution < 1.29 is 0 Å². The number of benzene rings is 1. The summed E-state index contributed by atoms with van der Waals surface area (Å²) in [6.45, 7) is 2.97. The lowest BCUT2D eigenvalue weighted by Crippen LogP contribution is -2.07. The van der Waals surface area contributed by atoms with Gasteiger partial charge in [-0.2, -0.15) is 0 Å². The third-order valence-corrected chi connectivity index (χ3v) is 2.99. The van der Waals surface area contributed by atoms with Crippen molar-refractivity contribution in [1.82, 2.24) is 14.9 Å². The summed E-state index contributed by atoms with van der Waals surface area (Å²) < 4.78 is 2.08. The van der Waals surface area contributed by atoms with Crippen LogP contribution in [-0.4, -0.2) is 16.6 Å². The van der Waals surface area contributed by atoms with E-state index in [1.807, 2.05) is 20.4 Å². The van der Waals surface area contributed by atoms with E-state index in [4.69, 9.17) is 0 Å². The van der Waals surface area contributed by atoms with Gasteiger partial charge in [-0.25, -0.2) is 4.98 Å². The maximum Gasteiger partial charge on any atom is 0.0952 e. The first-order valence-electron chi connectivity index (χ1n) is 6.00. The van der Waals surface area contributed by atoms with Gasteiger partial charge in [-0.3, -0.25) is 0 Å². The molecule has 0 amide bonds. The van der Waals surface area contributed by atoms with Crippen LogP contribution >= 0.6 is 0 Å². The third kappa shape index (κ3) is 2.39. The summed E-state index contributed by atoms with van der Waals surface area (Å²) in [5.41, 5.74) is 4.89. The molecule has 0 saturated carbocycles. The molecule has 3 heteroatoms. The summed E-state index contributed by atoms with van der Waals surface area (Å²) in [6.07, 6.45) is 2.95. The number of hydrogen-bond donors (Lipinski definition) is 1. The Morgan fingerprint density at radius 1 is 1.24 bits per heavy atom. The highest BCUT2D eigenvalue weighted by molar-refractivity contribution is 5.62. The van der Waals surface area contributed by atoms with E-state index < -0.39 is 0 Å². The molecule has 1 N–H and O–H groups in total. The fraction of sp³-hybridized carbons (Fsp3) is 0.357. The van der Waals surface area contributed by atoms with E-state index in [-0.39, 0.29) is 0 Å². The Labute approximate surface area is 103 Å². The van der Waals surface area contributed by atoms with Crippen LogP contribution in [0.1, 0.15) is 18.2 Å². The van der Waals surface area contributed by atoms with Crippen LogP contribution in [0.3, 0.4) is 0 Å². The average molecular weight is 229 g/mol. The highest BCUT2D eigenvalue weighted by Crippen LogP contribution is 2.23. The maximum absolute atomic E-state index is 4.42. The van der Waals surface area contributed by atoms with Crippen molar-refractivity contribution in [3.63, 3.8) is 0 Å². The maximum atomic E-state index is 4.42. The van der Waals surface area contributed by atoms with E-state index >= 15 is 0 Å². The molecular formula is C14H19N3. The monoisotopic (exact) mass is 229 g/mol. The van der Waals surface area contributed by atoms with Gasteiger partial charge in [0, 0.05) is 19.2 Å². The minimum Gasteiger partial charge on any atom is -0.333 e. The summed E-state index contributed by atoms with van der Waals surface area (Å²) in [4.78, 5) is 4.42. The first-order valence-corrected chi connectivity index (χ1v) is 6.00. The molecule has 90 valence electrons. The smallest absolute Gasteiger partial charge is 0.0952 e. The Morgan fingerprint density at radius 2 is 1.94 bits per heavy atom. The van der Waals surface area contributed by atoms with Crippen molar-refractivity contribution in [2.24, 2.45) is 7.05 Å². The van der Waals surface area contributed by atoms with Crippen LogP contribution in [0.2, 0.25) is 0 Å². The van der Waals surface area contributed by atoms with Crippen LogP contribution in [0.5, 0.6) is 0 Å². The Balaban J connectivity index is 2.40. The predicted molar refractivity (Wildman–Crippen MR) is 70.8 cm³/mol. The van der Waals surface area contributed by atoms with Gasteiger partial charge in [0.1, 0.15) is 0 Å². The van der Waals surface area contributed by atoms with E-state index in [0.29, 0.717) is 0 Å². The molecule has 0 radical (unpaired) electrons. The van der Waals surface area contributed by atoms with E-state index in [1.165, 1.54) is 16.8 Å². The van der Waals surface area contributed by atoms with Crippen LogP contribution in [0, 0.1) is 0 Å². The normalized spacial score (nSPS) is 10.8. The second-order valence-electron chi connectivity index (χ2n) is 4.23. The molecule has 0 aliphatic heterocycles. The first kappa shape index (κ1) is 11.9. The molecule has 0 aliphatic carbocycles. The topological polar surface area (TPSA) is 29.9 Å². The lowest BCUT2D eigenvalue weighted by atomic mass is 10.1. The molecule has 1 aromatic carbocycles. The minimum absolute atomic E-state index is 0.797. The van der Waals surface area contributed by atoms with Gasteiger partial charge in [-0.15, -0.1) is 0 Å². The molecule has 2 rings (SSSR count). The van der Waals surface area contributed by atoms with Gasteiger partial charge in [-0.05, 0) is 19.0 Å². The molecule has 1 heterocycles. The highest BCUT2D eigenvalue weighted by atomic mass is 15.0. The standard InChI is InChI=1S/C14H19N3/c1-4-11-5-7-12(8-6-11)14-13(9-15-2)16-10-17(14)3/h5-8,10,15H,4,9H2,1-3H3. The molecule has 0 aliphatic rings. The summed E-state index contributed by atoms with van der Waals surface area (Å²) in [7, 11) is 3.98. The van der Waals surface area contributed by atoms with Crippen molar-refractivity contribution in [3.05, 3.63) is 41.9 Å². The van der Waals surface area contributed by atoms with Crippen LogP contribution in [-0.2, 0) is 20.0 Å². The third-order valence-electron chi connectivity index (χ3n) is 2.99. The van der Waals surface area contributed by atoms with Gasteiger partial charge in [-0.1, -0.05) is 31.2 Å². The van der Waals surface area contributed by atoms with Gasteiger partial charge >= 0.3 is 0 Å². The van der Waals surface area contributed by atoms with Gasteiger partial charge in [0.25, 0.3) is 0 Å². The number of nitrogens with zero attached hydrogens (tertiary/aromatic N) is 2. The lowest BCUT2D eigenvalue weighted by molar-refractivity contribution is 0.797. The number of imidazole rings is 1. The summed E-state index contributed by atoms with van der Waals surface area (Å²) in [6, 6.07) is 8.72. The molecular weight excluding hydrogens is 210 g/mol. The molecule has 0 unspecified atom stereocenters. The Bertz CT molecular complexity index is 483. The van der Waals surface area contributed by atoms with E-state index in [9.17, 15) is 0 Å². The molecule has 2 aromatic rings. The second-order valence-corrected chi connectivity index (χ2v) is 4.23. The van der Waals surface area contributed by atoms with Crippen molar-refractivity contribution in [2.75, 3.05) is 7.05 Å². The van der Waals surface area contributed by atoms with Crippen LogP contribution < -0.4 is 5.32 Å². The van der Waals surface area contributed by atoms with E-state index in [1.54, 1.807) is 0 Å². The van der Waals surface area contributed by atoms with Gasteiger partial charge < -0.3 is 9.88 Å². The first-order chi connectivity index (χ1) is 8.26. The molecule has 0 fully saturated rings. The van der Waals surface area contributed by atoms with E-state index in [0.717, 1.165) is 18.7 Å². The summed E-state index contributed by atoms with van der Waals surface area (Å²) in [5.74, 6) is 0. The number of aryl methyl sites for hydroxylation is 2. The fourth-order valence-electron chi connectivity index (χ4n) is 2.04. The molecule has 0 atom stereocenters. The van der Waals surface area contributed by atoms with Crippen molar-refractivity contribution in [2.45, 2.75) is 19.9 Å². The molecule has 17 heavy (non-hydrogen) atoms. The van der Waals surface area contributed by atoms with Crippen LogP contribution in [0.4, 0.5) is 0 Å². The summed E-state index contributed by atoms with van der Waals surface area (Å²) in [5, 5.41) is 3.15. The fourth-order valence-corrected chi connectivity index (χ4v) is 2.04. The Morgan fingerprint density at radius 3 is 2.53 bits per heavy atom. The van der Waals surface area contributed by atoms with Crippen molar-refractivity contribution in [1.29, 1.82) is 0 Å². The van der Waals surface area contributed by atoms with E-state index in [2.05, 4.69) is 46.1 Å². The van der Waals surface area contributed by atoms with Gasteiger partial charge in [0.2, 0.25) is 0 Å².